The third-order valence-corrected chi connectivity index (χ3v) is 2.80. The fourth-order valence-corrected chi connectivity index (χ4v) is 1.60. The van der Waals surface area contributed by atoms with Crippen LogP contribution in [-0.4, -0.2) is 43.9 Å². The minimum atomic E-state index is -0.615. The average Bonchev–Trinajstić information content (AvgIpc) is 2.45. The van der Waals surface area contributed by atoms with Crippen molar-refractivity contribution in [2.24, 2.45) is 0 Å². The predicted molar refractivity (Wildman–Crippen MR) is 73.8 cm³/mol. The first kappa shape index (κ1) is 15.6. The number of rotatable bonds is 8. The van der Waals surface area contributed by atoms with Crippen molar-refractivity contribution in [3.05, 3.63) is 35.9 Å². The maximum absolute atomic E-state index is 11.7. The number of aliphatic hydroxyl groups is 1. The Bertz CT molecular complexity index is 370. The molecule has 0 saturated carbocycles. The summed E-state index contributed by atoms with van der Waals surface area (Å²) in [5.41, 5.74) is 0.835. The zero-order valence-electron chi connectivity index (χ0n) is 11.4. The van der Waals surface area contributed by atoms with Crippen LogP contribution in [0.2, 0.25) is 0 Å². The van der Waals surface area contributed by atoms with Crippen molar-refractivity contribution in [2.45, 2.75) is 19.1 Å². The second-order valence-electron chi connectivity index (χ2n) is 4.34. The summed E-state index contributed by atoms with van der Waals surface area (Å²) in [5, 5.41) is 15.7. The van der Waals surface area contributed by atoms with Crippen molar-refractivity contribution in [1.82, 2.24) is 10.6 Å². The van der Waals surface area contributed by atoms with E-state index in [9.17, 15) is 9.90 Å². The van der Waals surface area contributed by atoms with E-state index in [-0.39, 0.29) is 11.9 Å². The lowest BCUT2D eigenvalue weighted by Crippen LogP contribution is -2.44. The summed E-state index contributed by atoms with van der Waals surface area (Å²) in [5.74, 6) is -0.0997. The lowest BCUT2D eigenvalue weighted by molar-refractivity contribution is -0.123. The summed E-state index contributed by atoms with van der Waals surface area (Å²) in [7, 11) is 1.59. The molecular weight excluding hydrogens is 244 g/mol. The van der Waals surface area contributed by atoms with E-state index >= 15 is 0 Å². The molecular formula is C14H22N2O3. The van der Waals surface area contributed by atoms with E-state index < -0.39 is 6.10 Å². The van der Waals surface area contributed by atoms with Gasteiger partial charge in [-0.2, -0.15) is 0 Å². The van der Waals surface area contributed by atoms with Crippen molar-refractivity contribution in [3.63, 3.8) is 0 Å². The van der Waals surface area contributed by atoms with Gasteiger partial charge >= 0.3 is 0 Å². The molecule has 19 heavy (non-hydrogen) atoms. The lowest BCUT2D eigenvalue weighted by atomic mass is 10.1. The van der Waals surface area contributed by atoms with Gasteiger partial charge in [0.15, 0.2) is 0 Å². The van der Waals surface area contributed by atoms with E-state index in [2.05, 4.69) is 10.6 Å². The number of hydrogen-bond donors (Lipinski definition) is 3. The molecule has 0 bridgehead atoms. The molecule has 0 spiro atoms. The highest BCUT2D eigenvalue weighted by Gasteiger charge is 2.14. The number of benzene rings is 1. The van der Waals surface area contributed by atoms with Crippen molar-refractivity contribution in [2.75, 3.05) is 26.8 Å². The molecule has 1 aromatic rings. The van der Waals surface area contributed by atoms with Gasteiger partial charge < -0.3 is 20.5 Å². The Morgan fingerprint density at radius 1 is 1.37 bits per heavy atom. The molecule has 3 N–H and O–H groups in total. The summed E-state index contributed by atoms with van der Waals surface area (Å²) in [6.45, 7) is 3.08. The second-order valence-corrected chi connectivity index (χ2v) is 4.34. The molecule has 0 aliphatic carbocycles. The van der Waals surface area contributed by atoms with Crippen LogP contribution in [0.15, 0.2) is 30.3 Å². The summed E-state index contributed by atoms with van der Waals surface area (Å²) in [6.07, 6.45) is -0.615. The largest absolute Gasteiger partial charge is 0.387 e. The average molecular weight is 266 g/mol. The van der Waals surface area contributed by atoms with E-state index in [0.29, 0.717) is 19.7 Å². The quantitative estimate of drug-likeness (QED) is 0.598. The molecule has 2 unspecified atom stereocenters. The summed E-state index contributed by atoms with van der Waals surface area (Å²) in [4.78, 5) is 11.7. The topological polar surface area (TPSA) is 70.6 Å². The van der Waals surface area contributed by atoms with Crippen molar-refractivity contribution < 1.29 is 14.6 Å². The molecule has 106 valence electrons. The highest BCUT2D eigenvalue weighted by Crippen LogP contribution is 2.10. The van der Waals surface area contributed by atoms with E-state index in [1.807, 2.05) is 30.3 Å². The van der Waals surface area contributed by atoms with Crippen LogP contribution >= 0.6 is 0 Å². The van der Waals surface area contributed by atoms with Gasteiger partial charge in [0, 0.05) is 20.2 Å². The first-order chi connectivity index (χ1) is 9.15. The SMILES string of the molecule is COCCNC(=O)C(C)NCC(O)c1ccccc1. The molecule has 5 heteroatoms. The van der Waals surface area contributed by atoms with Crippen molar-refractivity contribution in [1.29, 1.82) is 0 Å². The Kier molecular flexibility index (Phi) is 7.10. The van der Waals surface area contributed by atoms with E-state index in [0.717, 1.165) is 5.56 Å². The third kappa shape index (κ3) is 5.83. The molecule has 1 aromatic carbocycles. The number of aliphatic hydroxyl groups excluding tert-OH is 1. The summed E-state index contributed by atoms with van der Waals surface area (Å²) < 4.78 is 4.85. The van der Waals surface area contributed by atoms with Crippen LogP contribution in [-0.2, 0) is 9.53 Å². The van der Waals surface area contributed by atoms with Crippen LogP contribution in [0.25, 0.3) is 0 Å². The zero-order valence-corrected chi connectivity index (χ0v) is 11.4. The van der Waals surface area contributed by atoms with Crippen LogP contribution < -0.4 is 10.6 Å². The first-order valence-corrected chi connectivity index (χ1v) is 6.38. The fraction of sp³-hybridized carbons (Fsp3) is 0.500. The fourth-order valence-electron chi connectivity index (χ4n) is 1.60. The molecule has 1 amide bonds. The number of ether oxygens (including phenoxy) is 1. The molecule has 2 atom stereocenters. The number of nitrogens with one attached hydrogen (secondary N) is 2. The maximum Gasteiger partial charge on any atom is 0.236 e. The molecule has 0 radical (unpaired) electrons. The monoisotopic (exact) mass is 266 g/mol. The van der Waals surface area contributed by atoms with Crippen molar-refractivity contribution >= 4 is 5.91 Å². The number of carbonyl (C=O) groups is 1. The molecule has 0 aliphatic heterocycles. The Hall–Kier alpha value is -1.43. The van der Waals surface area contributed by atoms with Gasteiger partial charge in [0.1, 0.15) is 0 Å². The Morgan fingerprint density at radius 2 is 2.05 bits per heavy atom. The van der Waals surface area contributed by atoms with Gasteiger partial charge in [0.2, 0.25) is 5.91 Å². The van der Waals surface area contributed by atoms with Crippen LogP contribution in [0, 0.1) is 0 Å². The van der Waals surface area contributed by atoms with E-state index in [1.54, 1.807) is 14.0 Å². The molecule has 0 aliphatic rings. The third-order valence-electron chi connectivity index (χ3n) is 2.80. The number of carbonyl (C=O) groups excluding carboxylic acids is 1. The Labute approximate surface area is 114 Å². The lowest BCUT2D eigenvalue weighted by Gasteiger charge is -2.17. The van der Waals surface area contributed by atoms with Gasteiger partial charge in [-0.05, 0) is 12.5 Å². The van der Waals surface area contributed by atoms with E-state index in [1.165, 1.54) is 0 Å². The van der Waals surface area contributed by atoms with Crippen LogP contribution in [0.1, 0.15) is 18.6 Å². The Morgan fingerprint density at radius 3 is 2.68 bits per heavy atom. The normalized spacial score (nSPS) is 13.8. The first-order valence-electron chi connectivity index (χ1n) is 6.38. The van der Waals surface area contributed by atoms with Crippen LogP contribution in [0.3, 0.4) is 0 Å². The molecule has 0 aromatic heterocycles. The molecule has 0 heterocycles. The zero-order chi connectivity index (χ0) is 14.1. The molecule has 5 nitrogen and oxygen atoms in total. The second kappa shape index (κ2) is 8.63. The maximum atomic E-state index is 11.7. The highest BCUT2D eigenvalue weighted by atomic mass is 16.5. The Balaban J connectivity index is 2.29. The van der Waals surface area contributed by atoms with Gasteiger partial charge in [-0.25, -0.2) is 0 Å². The minimum Gasteiger partial charge on any atom is -0.387 e. The predicted octanol–water partition coefficient (Wildman–Crippen LogP) is 0.461. The minimum absolute atomic E-state index is 0.0997. The van der Waals surface area contributed by atoms with Gasteiger partial charge in [-0.3, -0.25) is 4.79 Å². The smallest absolute Gasteiger partial charge is 0.236 e. The summed E-state index contributed by atoms with van der Waals surface area (Å²) >= 11 is 0. The van der Waals surface area contributed by atoms with E-state index in [4.69, 9.17) is 4.74 Å². The number of amides is 1. The number of hydrogen-bond acceptors (Lipinski definition) is 4. The van der Waals surface area contributed by atoms with Gasteiger partial charge in [-0.1, -0.05) is 30.3 Å². The highest BCUT2D eigenvalue weighted by molar-refractivity contribution is 5.81. The van der Waals surface area contributed by atoms with Crippen LogP contribution in [0.5, 0.6) is 0 Å². The number of methoxy groups -OCH3 is 1. The standard InChI is InChI=1S/C14H22N2O3/c1-11(14(18)15-8-9-19-2)16-10-13(17)12-6-4-3-5-7-12/h3-7,11,13,16-17H,8-10H2,1-2H3,(H,15,18). The molecule has 0 saturated heterocycles. The molecule has 1 rings (SSSR count). The van der Waals surface area contributed by atoms with Gasteiger partial charge in [0.25, 0.3) is 0 Å². The van der Waals surface area contributed by atoms with Crippen molar-refractivity contribution in [3.8, 4) is 0 Å². The van der Waals surface area contributed by atoms with Gasteiger partial charge in [0.05, 0.1) is 18.8 Å². The summed E-state index contributed by atoms with van der Waals surface area (Å²) in [6, 6.07) is 9.01. The van der Waals surface area contributed by atoms with Crippen LogP contribution in [0.4, 0.5) is 0 Å². The molecule has 0 fully saturated rings. The van der Waals surface area contributed by atoms with Gasteiger partial charge in [-0.15, -0.1) is 0 Å².